The highest BCUT2D eigenvalue weighted by atomic mass is 79.9. The number of hydrogen-bond donors (Lipinski definition) is 0. The third-order valence-electron chi connectivity index (χ3n) is 2.85. The van der Waals surface area contributed by atoms with Gasteiger partial charge in [-0.05, 0) is 58.7 Å². The molecule has 0 aromatic heterocycles. The molecule has 98 valence electrons. The smallest absolute Gasteiger partial charge is 0.259 e. The first-order chi connectivity index (χ1) is 8.99. The van der Waals surface area contributed by atoms with Gasteiger partial charge in [-0.2, -0.15) is 0 Å². The predicted octanol–water partition coefficient (Wildman–Crippen LogP) is 4.17. The van der Waals surface area contributed by atoms with Gasteiger partial charge in [-0.25, -0.2) is 4.39 Å². The van der Waals surface area contributed by atoms with Crippen LogP contribution in [0.5, 0.6) is 0 Å². The molecule has 0 aliphatic heterocycles. The molecular weight excluding hydrogens is 309 g/mol. The Morgan fingerprint density at radius 2 is 1.95 bits per heavy atom. The number of hydrogen-bond acceptors (Lipinski definition) is 1. The molecule has 0 atom stereocenters. The number of halogens is 2. The Labute approximate surface area is 120 Å². The van der Waals surface area contributed by atoms with Crippen LogP contribution in [0.2, 0.25) is 0 Å². The molecule has 2 aromatic rings. The van der Waals surface area contributed by atoms with Crippen LogP contribution < -0.4 is 4.90 Å². The van der Waals surface area contributed by atoms with Gasteiger partial charge in [0.2, 0.25) is 0 Å². The SMILES string of the molecule is Cc1cccc(N(C)C(=O)c2cc(F)ccc2Br)c1. The number of benzene rings is 2. The second-order valence-corrected chi connectivity index (χ2v) is 5.18. The van der Waals surface area contributed by atoms with E-state index in [1.165, 1.54) is 23.1 Å². The van der Waals surface area contributed by atoms with Crippen LogP contribution in [0.1, 0.15) is 15.9 Å². The topological polar surface area (TPSA) is 20.3 Å². The molecule has 0 heterocycles. The Balaban J connectivity index is 2.36. The Hall–Kier alpha value is -1.68. The molecule has 2 aromatic carbocycles. The lowest BCUT2D eigenvalue weighted by atomic mass is 10.1. The molecule has 2 nitrogen and oxygen atoms in total. The summed E-state index contributed by atoms with van der Waals surface area (Å²) in [6.45, 7) is 1.96. The van der Waals surface area contributed by atoms with Gasteiger partial charge in [0.1, 0.15) is 5.82 Å². The molecule has 0 saturated carbocycles. The highest BCUT2D eigenvalue weighted by Crippen LogP contribution is 2.22. The second kappa shape index (κ2) is 5.53. The largest absolute Gasteiger partial charge is 0.311 e. The minimum atomic E-state index is -0.427. The van der Waals surface area contributed by atoms with Crippen LogP contribution in [0, 0.1) is 12.7 Å². The number of nitrogens with zero attached hydrogens (tertiary/aromatic N) is 1. The van der Waals surface area contributed by atoms with E-state index >= 15 is 0 Å². The van der Waals surface area contributed by atoms with E-state index in [0.29, 0.717) is 10.0 Å². The van der Waals surface area contributed by atoms with Gasteiger partial charge in [-0.15, -0.1) is 0 Å². The zero-order chi connectivity index (χ0) is 14.0. The van der Waals surface area contributed by atoms with Crippen molar-refractivity contribution in [2.45, 2.75) is 6.92 Å². The molecule has 0 radical (unpaired) electrons. The first kappa shape index (κ1) is 13.7. The van der Waals surface area contributed by atoms with Crippen LogP contribution in [0.25, 0.3) is 0 Å². The average molecular weight is 322 g/mol. The van der Waals surface area contributed by atoms with Gasteiger partial charge in [0.15, 0.2) is 0 Å². The highest BCUT2D eigenvalue weighted by Gasteiger charge is 2.17. The van der Waals surface area contributed by atoms with Crippen molar-refractivity contribution in [3.63, 3.8) is 0 Å². The first-order valence-corrected chi connectivity index (χ1v) is 6.58. The number of aryl methyl sites for hydroxylation is 1. The predicted molar refractivity (Wildman–Crippen MR) is 78.0 cm³/mol. The highest BCUT2D eigenvalue weighted by molar-refractivity contribution is 9.10. The van der Waals surface area contributed by atoms with Crippen molar-refractivity contribution in [2.24, 2.45) is 0 Å². The molecular formula is C15H13BrFNO. The molecule has 0 saturated heterocycles. The summed E-state index contributed by atoms with van der Waals surface area (Å²) in [6, 6.07) is 11.7. The maximum absolute atomic E-state index is 13.2. The summed E-state index contributed by atoms with van der Waals surface area (Å²) in [7, 11) is 1.68. The summed E-state index contributed by atoms with van der Waals surface area (Å²) in [5.74, 6) is -0.679. The third-order valence-corrected chi connectivity index (χ3v) is 3.54. The van der Waals surface area contributed by atoms with Crippen LogP contribution >= 0.6 is 15.9 Å². The Kier molecular flexibility index (Phi) is 4.00. The van der Waals surface area contributed by atoms with Crippen molar-refractivity contribution in [2.75, 3.05) is 11.9 Å². The minimum Gasteiger partial charge on any atom is -0.311 e. The average Bonchev–Trinajstić information content (AvgIpc) is 2.40. The molecule has 4 heteroatoms. The maximum Gasteiger partial charge on any atom is 0.259 e. The number of anilines is 1. The van der Waals surface area contributed by atoms with Crippen molar-refractivity contribution in [1.29, 1.82) is 0 Å². The summed E-state index contributed by atoms with van der Waals surface area (Å²) in [5, 5.41) is 0. The summed E-state index contributed by atoms with van der Waals surface area (Å²) < 4.78 is 13.8. The van der Waals surface area contributed by atoms with Gasteiger partial charge in [0, 0.05) is 17.2 Å². The summed E-state index contributed by atoms with van der Waals surface area (Å²) in [5.41, 5.74) is 2.15. The summed E-state index contributed by atoms with van der Waals surface area (Å²) in [6.07, 6.45) is 0. The van der Waals surface area contributed by atoms with Gasteiger partial charge in [-0.3, -0.25) is 4.79 Å². The normalized spacial score (nSPS) is 10.3. The van der Waals surface area contributed by atoms with E-state index in [1.54, 1.807) is 7.05 Å². The van der Waals surface area contributed by atoms with Crippen LogP contribution in [-0.4, -0.2) is 13.0 Å². The molecule has 0 fully saturated rings. The summed E-state index contributed by atoms with van der Waals surface area (Å²) >= 11 is 3.27. The van der Waals surface area contributed by atoms with Crippen molar-refractivity contribution < 1.29 is 9.18 Å². The van der Waals surface area contributed by atoms with E-state index in [4.69, 9.17) is 0 Å². The van der Waals surface area contributed by atoms with Crippen LogP contribution in [-0.2, 0) is 0 Å². The monoisotopic (exact) mass is 321 g/mol. The van der Waals surface area contributed by atoms with Crippen molar-refractivity contribution in [1.82, 2.24) is 0 Å². The lowest BCUT2D eigenvalue weighted by Crippen LogP contribution is -2.26. The van der Waals surface area contributed by atoms with E-state index in [9.17, 15) is 9.18 Å². The fourth-order valence-electron chi connectivity index (χ4n) is 1.80. The van der Waals surface area contributed by atoms with E-state index in [2.05, 4.69) is 15.9 Å². The summed E-state index contributed by atoms with van der Waals surface area (Å²) in [4.78, 5) is 13.9. The maximum atomic E-state index is 13.2. The molecule has 0 bridgehead atoms. The number of carbonyl (C=O) groups is 1. The fourth-order valence-corrected chi connectivity index (χ4v) is 2.21. The zero-order valence-electron chi connectivity index (χ0n) is 10.7. The second-order valence-electron chi connectivity index (χ2n) is 4.33. The first-order valence-electron chi connectivity index (χ1n) is 5.79. The van der Waals surface area contributed by atoms with Crippen LogP contribution in [0.3, 0.4) is 0 Å². The van der Waals surface area contributed by atoms with E-state index in [-0.39, 0.29) is 5.91 Å². The van der Waals surface area contributed by atoms with Gasteiger partial charge < -0.3 is 4.90 Å². The Morgan fingerprint density at radius 1 is 1.21 bits per heavy atom. The van der Waals surface area contributed by atoms with E-state index in [1.807, 2.05) is 31.2 Å². The van der Waals surface area contributed by atoms with Gasteiger partial charge in [0.25, 0.3) is 5.91 Å². The van der Waals surface area contributed by atoms with E-state index in [0.717, 1.165) is 11.3 Å². The molecule has 2 rings (SSSR count). The molecule has 0 aliphatic carbocycles. The minimum absolute atomic E-state index is 0.253. The number of carbonyl (C=O) groups excluding carboxylic acids is 1. The Morgan fingerprint density at radius 3 is 2.63 bits per heavy atom. The molecule has 0 spiro atoms. The van der Waals surface area contributed by atoms with Crippen molar-refractivity contribution in [3.8, 4) is 0 Å². The van der Waals surface area contributed by atoms with Crippen LogP contribution in [0.15, 0.2) is 46.9 Å². The number of rotatable bonds is 2. The van der Waals surface area contributed by atoms with Gasteiger partial charge in [-0.1, -0.05) is 12.1 Å². The standard InChI is InChI=1S/C15H13BrFNO/c1-10-4-3-5-12(8-10)18(2)15(19)13-9-11(17)6-7-14(13)16/h3-9H,1-2H3. The van der Waals surface area contributed by atoms with Crippen LogP contribution in [0.4, 0.5) is 10.1 Å². The van der Waals surface area contributed by atoms with Crippen molar-refractivity contribution in [3.05, 3.63) is 63.9 Å². The zero-order valence-corrected chi connectivity index (χ0v) is 12.2. The van der Waals surface area contributed by atoms with E-state index < -0.39 is 5.82 Å². The lowest BCUT2D eigenvalue weighted by Gasteiger charge is -2.18. The number of amides is 1. The quantitative estimate of drug-likeness (QED) is 0.812. The van der Waals surface area contributed by atoms with Gasteiger partial charge >= 0.3 is 0 Å². The molecule has 19 heavy (non-hydrogen) atoms. The molecule has 1 amide bonds. The molecule has 0 N–H and O–H groups in total. The Bertz CT molecular complexity index is 627. The van der Waals surface area contributed by atoms with Crippen molar-refractivity contribution >= 4 is 27.5 Å². The molecule has 0 aliphatic rings. The van der Waals surface area contributed by atoms with Gasteiger partial charge in [0.05, 0.1) is 5.56 Å². The molecule has 0 unspecified atom stereocenters. The lowest BCUT2D eigenvalue weighted by molar-refractivity contribution is 0.0992. The third kappa shape index (κ3) is 3.01. The fraction of sp³-hybridized carbons (Fsp3) is 0.133.